The van der Waals surface area contributed by atoms with Gasteiger partial charge in [0.25, 0.3) is 0 Å². The predicted octanol–water partition coefficient (Wildman–Crippen LogP) is 9.25. The quantitative estimate of drug-likeness (QED) is 0.184. The Kier molecular flexibility index (Phi) is 9.20. The molecule has 0 radical (unpaired) electrons. The number of benzene rings is 2. The van der Waals surface area contributed by atoms with Gasteiger partial charge in [0.2, 0.25) is 0 Å². The monoisotopic (exact) mass is 602 g/mol. The molecule has 9 heteroatoms. The second-order valence-electron chi connectivity index (χ2n) is 11.1. The van der Waals surface area contributed by atoms with Crippen molar-refractivity contribution in [3.8, 4) is 22.8 Å². The van der Waals surface area contributed by atoms with Crippen LogP contribution in [0.2, 0.25) is 26.7 Å². The Morgan fingerprint density at radius 1 is 0.975 bits per heavy atom. The summed E-state index contributed by atoms with van der Waals surface area (Å²) in [4.78, 5) is 4.86. The minimum atomic E-state index is -2.37. The third-order valence-corrected chi connectivity index (χ3v) is 15.4. The van der Waals surface area contributed by atoms with Crippen molar-refractivity contribution in [2.75, 3.05) is 7.11 Å². The van der Waals surface area contributed by atoms with Gasteiger partial charge in [-0.15, -0.1) is 0 Å². The number of aromatic nitrogens is 2. The lowest BCUT2D eigenvalue weighted by atomic mass is 10.1. The number of aliphatic hydroxyl groups excluding tert-OH is 1. The molecule has 1 N–H and O–H groups in total. The molecule has 0 saturated heterocycles. The third-order valence-electron chi connectivity index (χ3n) is 8.06. The van der Waals surface area contributed by atoms with E-state index in [4.69, 9.17) is 37.7 Å². The van der Waals surface area contributed by atoms with Crippen molar-refractivity contribution in [2.45, 2.75) is 71.4 Å². The van der Waals surface area contributed by atoms with Crippen molar-refractivity contribution in [2.24, 2.45) is 0 Å². The molecule has 2 aromatic heterocycles. The zero-order valence-electron chi connectivity index (χ0n) is 24.1. The number of rotatable bonds is 10. The zero-order chi connectivity index (χ0) is 29.4. The standard InChI is InChI=1S/C31H37Cl2FN2O3Si/c1-18(2)40(19(3)4,20(5)6)36-30(25(16-37)23-9-8-12-35-31(23)36)24-14-28(38-7)29(15-26(24)33)39-17-21-10-11-22(32)13-27(21)34/h8-15,18-20,37H,16-17H2,1-7H3. The first kappa shape index (κ1) is 30.4. The maximum Gasteiger partial charge on any atom is 0.172 e. The van der Waals surface area contributed by atoms with E-state index in [0.717, 1.165) is 27.9 Å². The van der Waals surface area contributed by atoms with E-state index in [9.17, 15) is 9.50 Å². The van der Waals surface area contributed by atoms with Gasteiger partial charge >= 0.3 is 0 Å². The molecule has 4 aromatic rings. The van der Waals surface area contributed by atoms with Crippen molar-refractivity contribution >= 4 is 42.5 Å². The number of methoxy groups -OCH3 is 1. The van der Waals surface area contributed by atoms with Gasteiger partial charge in [0.05, 0.1) is 18.7 Å². The Morgan fingerprint density at radius 3 is 2.23 bits per heavy atom. The second kappa shape index (κ2) is 12.1. The smallest absolute Gasteiger partial charge is 0.172 e. The minimum Gasteiger partial charge on any atom is -0.493 e. The van der Waals surface area contributed by atoms with Crippen LogP contribution in [0.1, 0.15) is 52.7 Å². The van der Waals surface area contributed by atoms with Crippen LogP contribution in [0.15, 0.2) is 48.7 Å². The topological polar surface area (TPSA) is 56.5 Å². The van der Waals surface area contributed by atoms with Crippen molar-refractivity contribution in [3.63, 3.8) is 0 Å². The summed E-state index contributed by atoms with van der Waals surface area (Å²) in [6.07, 6.45) is 1.80. The fraction of sp³-hybridized carbons (Fsp3) is 0.387. The van der Waals surface area contributed by atoms with Crippen molar-refractivity contribution in [3.05, 3.63) is 75.7 Å². The Bertz CT molecular complexity index is 1500. The summed E-state index contributed by atoms with van der Waals surface area (Å²) in [6.45, 7) is 13.5. The van der Waals surface area contributed by atoms with Crippen LogP contribution in [0.4, 0.5) is 4.39 Å². The number of aliphatic hydroxyl groups is 1. The number of pyridine rings is 1. The number of hydrogen-bond donors (Lipinski definition) is 1. The van der Waals surface area contributed by atoms with Crippen molar-refractivity contribution < 1.29 is 19.0 Å². The predicted molar refractivity (Wildman–Crippen MR) is 165 cm³/mol. The van der Waals surface area contributed by atoms with Crippen LogP contribution in [0, 0.1) is 5.82 Å². The van der Waals surface area contributed by atoms with Gasteiger partial charge in [-0.25, -0.2) is 9.37 Å². The van der Waals surface area contributed by atoms with Crippen LogP contribution >= 0.6 is 23.2 Å². The van der Waals surface area contributed by atoms with Crippen molar-refractivity contribution in [1.82, 2.24) is 9.22 Å². The molecule has 0 saturated carbocycles. The van der Waals surface area contributed by atoms with Gasteiger partial charge in [0, 0.05) is 45.1 Å². The summed E-state index contributed by atoms with van der Waals surface area (Å²) in [5, 5.41) is 12.4. The minimum absolute atomic E-state index is 0.0226. The second-order valence-corrected chi connectivity index (χ2v) is 17.6. The molecule has 214 valence electrons. The van der Waals surface area contributed by atoms with Crippen LogP contribution in [0.3, 0.4) is 0 Å². The highest BCUT2D eigenvalue weighted by molar-refractivity contribution is 6.83. The molecule has 0 atom stereocenters. The lowest BCUT2D eigenvalue weighted by Crippen LogP contribution is -2.52. The molecular formula is C31H37Cl2FN2O3Si. The molecule has 0 aliphatic heterocycles. The number of halogens is 3. The van der Waals surface area contributed by atoms with Crippen LogP contribution < -0.4 is 9.47 Å². The van der Waals surface area contributed by atoms with Gasteiger partial charge in [-0.3, -0.25) is 0 Å². The molecule has 0 aliphatic rings. The van der Waals surface area contributed by atoms with E-state index in [2.05, 4.69) is 45.8 Å². The Hall–Kier alpha value is -2.58. The third kappa shape index (κ3) is 5.13. The number of fused-ring (bicyclic) bond motifs is 1. The molecule has 0 fully saturated rings. The summed E-state index contributed by atoms with van der Waals surface area (Å²) in [7, 11) is -0.808. The zero-order valence-corrected chi connectivity index (χ0v) is 26.6. The number of nitrogens with zero attached hydrogens (tertiary/aromatic N) is 2. The largest absolute Gasteiger partial charge is 0.493 e. The van der Waals surface area contributed by atoms with Gasteiger partial charge in [-0.2, -0.15) is 0 Å². The first-order valence-electron chi connectivity index (χ1n) is 13.5. The molecule has 0 unspecified atom stereocenters. The fourth-order valence-electron chi connectivity index (χ4n) is 6.56. The molecule has 0 aliphatic carbocycles. The Labute approximate surface area is 246 Å². The normalized spacial score (nSPS) is 12.2. The van der Waals surface area contributed by atoms with E-state index in [0.29, 0.717) is 43.7 Å². The van der Waals surface area contributed by atoms with Crippen LogP contribution in [-0.4, -0.2) is 29.7 Å². The van der Waals surface area contributed by atoms with E-state index in [1.807, 2.05) is 18.2 Å². The average molecular weight is 604 g/mol. The first-order valence-corrected chi connectivity index (χ1v) is 16.5. The molecule has 40 heavy (non-hydrogen) atoms. The molecule has 0 bridgehead atoms. The highest BCUT2D eigenvalue weighted by atomic mass is 35.5. The fourth-order valence-corrected chi connectivity index (χ4v) is 13.7. The van der Waals surface area contributed by atoms with E-state index in [-0.39, 0.29) is 13.2 Å². The highest BCUT2D eigenvalue weighted by Gasteiger charge is 2.48. The molecular weight excluding hydrogens is 566 g/mol. The van der Waals surface area contributed by atoms with Gasteiger partial charge < -0.3 is 18.8 Å². The average Bonchev–Trinajstić information content (AvgIpc) is 3.22. The summed E-state index contributed by atoms with van der Waals surface area (Å²) in [6, 6.07) is 11.9. The number of hydrogen-bond acceptors (Lipinski definition) is 4. The van der Waals surface area contributed by atoms with Gasteiger partial charge in [0.15, 0.2) is 19.7 Å². The van der Waals surface area contributed by atoms with E-state index in [1.54, 1.807) is 31.5 Å². The molecule has 5 nitrogen and oxygen atoms in total. The summed E-state index contributed by atoms with van der Waals surface area (Å²) < 4.78 is 28.5. The van der Waals surface area contributed by atoms with Crippen molar-refractivity contribution in [1.29, 1.82) is 0 Å². The lowest BCUT2D eigenvalue weighted by molar-refractivity contribution is 0.280. The molecule has 4 rings (SSSR count). The maximum atomic E-state index is 14.4. The van der Waals surface area contributed by atoms with Crippen LogP contribution in [-0.2, 0) is 13.2 Å². The summed E-state index contributed by atoms with van der Waals surface area (Å²) in [5.74, 6) is 0.390. The molecule has 0 amide bonds. The van der Waals surface area contributed by atoms with Gasteiger partial charge in [-0.05, 0) is 47.0 Å². The van der Waals surface area contributed by atoms with Crippen LogP contribution in [0.25, 0.3) is 22.3 Å². The molecule has 2 aromatic carbocycles. The first-order chi connectivity index (χ1) is 19.0. The highest BCUT2D eigenvalue weighted by Crippen LogP contribution is 2.50. The van der Waals surface area contributed by atoms with E-state index in [1.165, 1.54) is 6.07 Å². The maximum absolute atomic E-state index is 14.4. The summed E-state index contributed by atoms with van der Waals surface area (Å²) >= 11 is 12.9. The SMILES string of the molecule is COc1cc(-c2c(CO)c3cccnc3n2[Si](C(C)C)(C(C)C)C(C)C)c(Cl)cc1OCc1ccc(Cl)cc1F. The van der Waals surface area contributed by atoms with Gasteiger partial charge in [-0.1, -0.05) is 70.8 Å². The van der Waals surface area contributed by atoms with E-state index < -0.39 is 14.1 Å². The van der Waals surface area contributed by atoms with Crippen LogP contribution in [0.5, 0.6) is 11.5 Å². The molecule has 2 heterocycles. The van der Waals surface area contributed by atoms with E-state index >= 15 is 0 Å². The molecule has 0 spiro atoms. The Balaban J connectivity index is 1.97. The van der Waals surface area contributed by atoms with Gasteiger partial charge in [0.1, 0.15) is 18.1 Å². The Morgan fingerprint density at radius 2 is 1.65 bits per heavy atom. The summed E-state index contributed by atoms with van der Waals surface area (Å²) in [5.41, 5.74) is 4.69. The lowest BCUT2D eigenvalue weighted by Gasteiger charge is -2.45. The number of ether oxygens (including phenoxy) is 2.